The van der Waals surface area contributed by atoms with E-state index in [-0.39, 0.29) is 11.9 Å². The van der Waals surface area contributed by atoms with Gasteiger partial charge in [0, 0.05) is 19.6 Å². The first kappa shape index (κ1) is 10.7. The third-order valence-corrected chi connectivity index (χ3v) is 3.36. The summed E-state index contributed by atoms with van der Waals surface area (Å²) in [5, 5.41) is 20.3. The number of amides is 1. The lowest BCUT2D eigenvalue weighted by atomic mass is 10.1. The maximum absolute atomic E-state index is 12.2. The number of fused-ring (bicyclic) bond motifs is 1. The number of aromatic nitrogens is 3. The summed E-state index contributed by atoms with van der Waals surface area (Å²) in [5.41, 5.74) is 0. The van der Waals surface area contributed by atoms with Crippen molar-refractivity contribution >= 4 is 5.91 Å². The molecule has 1 aromatic rings. The molecule has 1 amide bonds. The predicted octanol–water partition coefficient (Wildman–Crippen LogP) is -1.66. The van der Waals surface area contributed by atoms with Gasteiger partial charge in [0.25, 0.3) is 0 Å². The molecule has 1 aromatic heterocycles. The van der Waals surface area contributed by atoms with Crippen molar-refractivity contribution in [2.75, 3.05) is 13.1 Å². The summed E-state index contributed by atoms with van der Waals surface area (Å²) in [5.74, 6) is 0.874. The van der Waals surface area contributed by atoms with Gasteiger partial charge in [0.1, 0.15) is 6.33 Å². The first-order valence-corrected chi connectivity index (χ1v) is 5.81. The van der Waals surface area contributed by atoms with Gasteiger partial charge in [-0.1, -0.05) is 0 Å². The van der Waals surface area contributed by atoms with E-state index in [1.807, 2.05) is 4.57 Å². The van der Waals surface area contributed by atoms with Crippen LogP contribution in [0.15, 0.2) is 6.33 Å². The molecule has 7 nitrogen and oxygen atoms in total. The third kappa shape index (κ3) is 1.91. The zero-order valence-electron chi connectivity index (χ0n) is 9.41. The number of β-amino-alcohol motifs (C(OH)–C–C–N with tert-alkyl or cyclic N) is 1. The highest BCUT2D eigenvalue weighted by Crippen LogP contribution is 2.14. The largest absolute Gasteiger partial charge is 0.392 e. The molecule has 0 aliphatic carbocycles. The predicted molar refractivity (Wildman–Crippen MR) is 57.9 cm³/mol. The van der Waals surface area contributed by atoms with Crippen LogP contribution in [0.1, 0.15) is 12.2 Å². The highest BCUT2D eigenvalue weighted by atomic mass is 16.3. The van der Waals surface area contributed by atoms with Gasteiger partial charge in [-0.3, -0.25) is 4.79 Å². The van der Waals surface area contributed by atoms with Gasteiger partial charge in [-0.25, -0.2) is 0 Å². The van der Waals surface area contributed by atoms with Crippen molar-refractivity contribution in [3.8, 4) is 0 Å². The number of carbonyl (C=O) groups is 1. The van der Waals surface area contributed by atoms with Crippen LogP contribution in [0.5, 0.6) is 0 Å². The van der Waals surface area contributed by atoms with Gasteiger partial charge in [-0.2, -0.15) is 0 Å². The van der Waals surface area contributed by atoms with Crippen molar-refractivity contribution < 1.29 is 9.90 Å². The molecule has 2 atom stereocenters. The van der Waals surface area contributed by atoms with Crippen LogP contribution < -0.4 is 5.32 Å². The standard InChI is InChI=1S/C10H15N5O2/c16-7-3-8(11-4-7)10(17)14-1-2-15-6-12-13-9(15)5-14/h6-8,11,16H,1-5H2. The van der Waals surface area contributed by atoms with E-state index < -0.39 is 6.10 Å². The number of carbonyl (C=O) groups excluding carboxylic acids is 1. The number of rotatable bonds is 1. The summed E-state index contributed by atoms with van der Waals surface area (Å²) in [4.78, 5) is 13.9. The Labute approximate surface area is 98.4 Å². The van der Waals surface area contributed by atoms with E-state index in [2.05, 4.69) is 15.5 Å². The quantitative estimate of drug-likeness (QED) is 0.611. The zero-order valence-corrected chi connectivity index (χ0v) is 9.41. The van der Waals surface area contributed by atoms with Gasteiger partial charge in [-0.15, -0.1) is 10.2 Å². The summed E-state index contributed by atoms with van der Waals surface area (Å²) >= 11 is 0. The summed E-state index contributed by atoms with van der Waals surface area (Å²) in [6.45, 7) is 2.43. The summed E-state index contributed by atoms with van der Waals surface area (Å²) < 4.78 is 1.96. The summed E-state index contributed by atoms with van der Waals surface area (Å²) in [6.07, 6.45) is 1.79. The monoisotopic (exact) mass is 237 g/mol. The molecule has 3 heterocycles. The molecule has 1 fully saturated rings. The SMILES string of the molecule is O=C(C1CC(O)CN1)N1CCn2cnnc2C1. The Balaban J connectivity index is 1.68. The van der Waals surface area contributed by atoms with Crippen molar-refractivity contribution in [2.45, 2.75) is 31.7 Å². The van der Waals surface area contributed by atoms with E-state index in [1.54, 1.807) is 11.2 Å². The van der Waals surface area contributed by atoms with Crippen LogP contribution in [-0.4, -0.2) is 55.9 Å². The zero-order chi connectivity index (χ0) is 11.8. The number of aliphatic hydroxyl groups excluding tert-OH is 1. The second-order valence-corrected chi connectivity index (χ2v) is 4.55. The first-order chi connectivity index (χ1) is 8.24. The molecule has 0 bridgehead atoms. The average Bonchev–Trinajstić information content (AvgIpc) is 2.95. The van der Waals surface area contributed by atoms with Crippen LogP contribution >= 0.6 is 0 Å². The van der Waals surface area contributed by atoms with E-state index in [0.717, 1.165) is 12.4 Å². The molecule has 0 saturated carbocycles. The van der Waals surface area contributed by atoms with Crippen molar-refractivity contribution in [3.63, 3.8) is 0 Å². The van der Waals surface area contributed by atoms with Crippen molar-refractivity contribution in [3.05, 3.63) is 12.2 Å². The van der Waals surface area contributed by atoms with Crippen LogP contribution in [0.3, 0.4) is 0 Å². The molecule has 2 aliphatic rings. The first-order valence-electron chi connectivity index (χ1n) is 5.81. The molecule has 92 valence electrons. The molecule has 0 spiro atoms. The van der Waals surface area contributed by atoms with Crippen LogP contribution in [0.2, 0.25) is 0 Å². The minimum absolute atomic E-state index is 0.0517. The Kier molecular flexibility index (Phi) is 2.56. The smallest absolute Gasteiger partial charge is 0.240 e. The molecule has 2 aliphatic heterocycles. The Morgan fingerprint density at radius 1 is 1.53 bits per heavy atom. The molecular weight excluding hydrogens is 222 g/mol. The molecule has 17 heavy (non-hydrogen) atoms. The van der Waals surface area contributed by atoms with Gasteiger partial charge in [0.15, 0.2) is 5.82 Å². The Bertz CT molecular complexity index is 432. The number of nitrogens with one attached hydrogen (secondary N) is 1. The highest BCUT2D eigenvalue weighted by molar-refractivity contribution is 5.82. The fourth-order valence-corrected chi connectivity index (χ4v) is 2.38. The van der Waals surface area contributed by atoms with E-state index >= 15 is 0 Å². The molecule has 2 N–H and O–H groups in total. The Hall–Kier alpha value is -1.47. The second-order valence-electron chi connectivity index (χ2n) is 4.55. The molecule has 0 radical (unpaired) electrons. The van der Waals surface area contributed by atoms with Crippen molar-refractivity contribution in [1.82, 2.24) is 25.0 Å². The fraction of sp³-hybridized carbons (Fsp3) is 0.700. The Morgan fingerprint density at radius 3 is 3.18 bits per heavy atom. The van der Waals surface area contributed by atoms with E-state index in [9.17, 15) is 9.90 Å². The topological polar surface area (TPSA) is 83.3 Å². The minimum atomic E-state index is -0.405. The average molecular weight is 237 g/mol. The lowest BCUT2D eigenvalue weighted by Crippen LogP contribution is -2.46. The van der Waals surface area contributed by atoms with Gasteiger partial charge < -0.3 is 19.9 Å². The molecule has 3 rings (SSSR count). The molecule has 2 unspecified atom stereocenters. The van der Waals surface area contributed by atoms with Crippen LogP contribution in [0.4, 0.5) is 0 Å². The number of hydrogen-bond acceptors (Lipinski definition) is 5. The van der Waals surface area contributed by atoms with Crippen LogP contribution in [0, 0.1) is 0 Å². The minimum Gasteiger partial charge on any atom is -0.392 e. The summed E-state index contributed by atoms with van der Waals surface area (Å²) in [7, 11) is 0. The van der Waals surface area contributed by atoms with Crippen molar-refractivity contribution in [2.24, 2.45) is 0 Å². The van der Waals surface area contributed by atoms with Crippen molar-refractivity contribution in [1.29, 1.82) is 0 Å². The van der Waals surface area contributed by atoms with Gasteiger partial charge in [0.05, 0.1) is 18.7 Å². The Morgan fingerprint density at radius 2 is 2.41 bits per heavy atom. The lowest BCUT2D eigenvalue weighted by molar-refractivity contribution is -0.134. The van der Waals surface area contributed by atoms with Gasteiger partial charge >= 0.3 is 0 Å². The normalized spacial score (nSPS) is 28.2. The second kappa shape index (κ2) is 4.08. The van der Waals surface area contributed by atoms with E-state index in [4.69, 9.17) is 0 Å². The van der Waals surface area contributed by atoms with Crippen LogP contribution in [0.25, 0.3) is 0 Å². The maximum atomic E-state index is 12.2. The number of hydrogen-bond donors (Lipinski definition) is 2. The third-order valence-electron chi connectivity index (χ3n) is 3.36. The molecule has 1 saturated heterocycles. The molecule has 0 aromatic carbocycles. The van der Waals surface area contributed by atoms with Gasteiger partial charge in [-0.05, 0) is 6.42 Å². The van der Waals surface area contributed by atoms with Crippen LogP contribution in [-0.2, 0) is 17.9 Å². The molecule has 7 heteroatoms. The fourth-order valence-electron chi connectivity index (χ4n) is 2.38. The maximum Gasteiger partial charge on any atom is 0.240 e. The molecular formula is C10H15N5O2. The highest BCUT2D eigenvalue weighted by Gasteiger charge is 2.32. The van der Waals surface area contributed by atoms with E-state index in [1.165, 1.54) is 0 Å². The number of nitrogens with zero attached hydrogens (tertiary/aromatic N) is 4. The number of aliphatic hydroxyl groups is 1. The summed E-state index contributed by atoms with van der Waals surface area (Å²) in [6, 6.07) is -0.250. The van der Waals surface area contributed by atoms with E-state index in [0.29, 0.717) is 26.1 Å². The lowest BCUT2D eigenvalue weighted by Gasteiger charge is -2.29. The van der Waals surface area contributed by atoms with Gasteiger partial charge in [0.2, 0.25) is 5.91 Å².